The lowest BCUT2D eigenvalue weighted by atomic mass is 10.0. The summed E-state index contributed by atoms with van der Waals surface area (Å²) in [5.41, 5.74) is 2.28. The Hall–Kier alpha value is -0.830. The number of ether oxygens (including phenoxy) is 1. The van der Waals surface area contributed by atoms with Crippen molar-refractivity contribution in [2.45, 2.75) is 19.8 Å². The molecule has 0 aliphatic carbocycles. The van der Waals surface area contributed by atoms with E-state index in [2.05, 4.69) is 43.9 Å². The van der Waals surface area contributed by atoms with E-state index < -0.39 is 0 Å². The Balaban J connectivity index is 2.98. The molecule has 14 heavy (non-hydrogen) atoms. The average molecular weight is 211 g/mol. The quantitative estimate of drug-likeness (QED) is 0.590. The maximum atomic E-state index is 5.29. The summed E-state index contributed by atoms with van der Waals surface area (Å²) in [6.45, 7) is 4.33. The lowest BCUT2D eigenvalue weighted by Crippen LogP contribution is -1.99. The van der Waals surface area contributed by atoms with Gasteiger partial charge in [0.15, 0.2) is 0 Å². The van der Waals surface area contributed by atoms with E-state index in [4.69, 9.17) is 4.74 Å². The Morgan fingerprint density at radius 2 is 2.14 bits per heavy atom. The van der Waals surface area contributed by atoms with Crippen molar-refractivity contribution in [1.29, 1.82) is 0 Å². The molecule has 0 radical (unpaired) electrons. The molecule has 0 amide bonds. The molecule has 1 rings (SSSR count). The normalized spacial score (nSPS) is 10.4. The van der Waals surface area contributed by atoms with E-state index >= 15 is 0 Å². The predicted molar refractivity (Wildman–Crippen MR) is 64.6 cm³/mol. The zero-order valence-electron chi connectivity index (χ0n) is 8.87. The second-order valence-corrected chi connectivity index (χ2v) is 3.77. The molecule has 0 saturated heterocycles. The van der Waals surface area contributed by atoms with Crippen molar-refractivity contribution in [3.8, 4) is 5.75 Å². The minimum absolute atomic E-state index is 0.522. The second-order valence-electron chi connectivity index (χ2n) is 3.45. The van der Waals surface area contributed by atoms with Crippen molar-refractivity contribution in [1.82, 2.24) is 0 Å². The lowest BCUT2D eigenvalue weighted by molar-refractivity contribution is 0.416. The van der Waals surface area contributed by atoms with Crippen LogP contribution in [0.25, 0.3) is 0 Å². The standard InChI is InChI=1S/C11H17NOS/c1-8(2)9-4-5-10(12-7-14)11(6-9)13-3/h4-6,8,12,14H,7H2,1-3H3. The van der Waals surface area contributed by atoms with Crippen LogP contribution in [-0.2, 0) is 0 Å². The van der Waals surface area contributed by atoms with E-state index in [1.807, 2.05) is 6.07 Å². The summed E-state index contributed by atoms with van der Waals surface area (Å²) in [4.78, 5) is 0. The fraction of sp³-hybridized carbons (Fsp3) is 0.455. The Morgan fingerprint density at radius 3 is 2.64 bits per heavy atom. The van der Waals surface area contributed by atoms with Gasteiger partial charge in [-0.15, -0.1) is 0 Å². The molecule has 1 N–H and O–H groups in total. The monoisotopic (exact) mass is 211 g/mol. The van der Waals surface area contributed by atoms with E-state index in [9.17, 15) is 0 Å². The summed E-state index contributed by atoms with van der Waals surface area (Å²) in [5, 5.41) is 3.13. The summed E-state index contributed by atoms with van der Waals surface area (Å²) in [6.07, 6.45) is 0. The highest BCUT2D eigenvalue weighted by atomic mass is 32.1. The van der Waals surface area contributed by atoms with E-state index in [0.29, 0.717) is 11.8 Å². The smallest absolute Gasteiger partial charge is 0.142 e. The molecule has 0 unspecified atom stereocenters. The molecule has 1 aromatic rings. The highest BCUT2D eigenvalue weighted by Gasteiger charge is 2.05. The maximum absolute atomic E-state index is 5.29. The highest BCUT2D eigenvalue weighted by Crippen LogP contribution is 2.28. The molecule has 0 heterocycles. The van der Waals surface area contributed by atoms with Gasteiger partial charge in [-0.2, -0.15) is 12.6 Å². The molecule has 0 saturated carbocycles. The van der Waals surface area contributed by atoms with Crippen LogP contribution in [0.5, 0.6) is 5.75 Å². The zero-order chi connectivity index (χ0) is 10.6. The number of hydrogen-bond donors (Lipinski definition) is 2. The van der Waals surface area contributed by atoms with Gasteiger partial charge in [-0.25, -0.2) is 0 Å². The third kappa shape index (κ3) is 2.58. The third-order valence-corrected chi connectivity index (χ3v) is 2.32. The van der Waals surface area contributed by atoms with Crippen LogP contribution in [-0.4, -0.2) is 13.0 Å². The van der Waals surface area contributed by atoms with Gasteiger partial charge in [-0.3, -0.25) is 0 Å². The van der Waals surface area contributed by atoms with Gasteiger partial charge >= 0.3 is 0 Å². The molecule has 0 spiro atoms. The molecular weight excluding hydrogens is 194 g/mol. The van der Waals surface area contributed by atoms with Gasteiger partial charge in [0.05, 0.1) is 18.7 Å². The van der Waals surface area contributed by atoms with Gasteiger partial charge < -0.3 is 10.1 Å². The lowest BCUT2D eigenvalue weighted by Gasteiger charge is -2.12. The number of benzene rings is 1. The topological polar surface area (TPSA) is 21.3 Å². The Labute approximate surface area is 91.1 Å². The zero-order valence-corrected chi connectivity index (χ0v) is 9.77. The second kappa shape index (κ2) is 5.15. The first-order chi connectivity index (χ1) is 6.69. The molecular formula is C11H17NOS. The highest BCUT2D eigenvalue weighted by molar-refractivity contribution is 7.80. The van der Waals surface area contributed by atoms with Gasteiger partial charge in [-0.05, 0) is 23.6 Å². The van der Waals surface area contributed by atoms with Crippen molar-refractivity contribution in [3.63, 3.8) is 0 Å². The fourth-order valence-corrected chi connectivity index (χ4v) is 1.47. The maximum Gasteiger partial charge on any atom is 0.142 e. The molecule has 0 aliphatic rings. The first kappa shape index (κ1) is 11.2. The van der Waals surface area contributed by atoms with Crippen LogP contribution in [0.2, 0.25) is 0 Å². The molecule has 0 fully saturated rings. The van der Waals surface area contributed by atoms with Crippen molar-refractivity contribution >= 4 is 18.3 Å². The van der Waals surface area contributed by atoms with Gasteiger partial charge in [-0.1, -0.05) is 19.9 Å². The molecule has 0 aromatic heterocycles. The van der Waals surface area contributed by atoms with Crippen molar-refractivity contribution < 1.29 is 4.74 Å². The minimum Gasteiger partial charge on any atom is -0.495 e. The van der Waals surface area contributed by atoms with Crippen LogP contribution in [0, 0.1) is 0 Å². The van der Waals surface area contributed by atoms with E-state index in [1.54, 1.807) is 7.11 Å². The van der Waals surface area contributed by atoms with Crippen LogP contribution < -0.4 is 10.1 Å². The van der Waals surface area contributed by atoms with Crippen LogP contribution in [0.1, 0.15) is 25.3 Å². The Kier molecular flexibility index (Phi) is 4.14. The summed E-state index contributed by atoms with van der Waals surface area (Å²) in [6, 6.07) is 6.21. The first-order valence-corrected chi connectivity index (χ1v) is 5.35. The number of hydrogen-bond acceptors (Lipinski definition) is 3. The molecule has 0 bridgehead atoms. The van der Waals surface area contributed by atoms with Crippen LogP contribution in [0.4, 0.5) is 5.69 Å². The largest absolute Gasteiger partial charge is 0.495 e. The summed E-state index contributed by atoms with van der Waals surface area (Å²) < 4.78 is 5.29. The minimum atomic E-state index is 0.522. The van der Waals surface area contributed by atoms with Crippen molar-refractivity contribution in [2.24, 2.45) is 0 Å². The van der Waals surface area contributed by atoms with Crippen molar-refractivity contribution in [2.75, 3.05) is 18.3 Å². The average Bonchev–Trinajstić information content (AvgIpc) is 2.18. The Morgan fingerprint density at radius 1 is 1.43 bits per heavy atom. The molecule has 0 aliphatic heterocycles. The van der Waals surface area contributed by atoms with Crippen LogP contribution >= 0.6 is 12.6 Å². The van der Waals surface area contributed by atoms with E-state index in [1.165, 1.54) is 5.56 Å². The van der Waals surface area contributed by atoms with E-state index in [-0.39, 0.29) is 0 Å². The van der Waals surface area contributed by atoms with Gasteiger partial charge in [0, 0.05) is 0 Å². The van der Waals surface area contributed by atoms with Gasteiger partial charge in [0.25, 0.3) is 0 Å². The molecule has 2 nitrogen and oxygen atoms in total. The SMILES string of the molecule is COc1cc(C(C)C)ccc1NCS. The summed E-state index contributed by atoms with van der Waals surface area (Å²) >= 11 is 4.12. The van der Waals surface area contributed by atoms with Gasteiger partial charge in [0.1, 0.15) is 5.75 Å². The Bertz CT molecular complexity index is 299. The van der Waals surface area contributed by atoms with E-state index in [0.717, 1.165) is 11.4 Å². The number of thiol groups is 1. The van der Waals surface area contributed by atoms with Gasteiger partial charge in [0.2, 0.25) is 0 Å². The molecule has 78 valence electrons. The number of methoxy groups -OCH3 is 1. The molecule has 1 aromatic carbocycles. The number of rotatable bonds is 4. The van der Waals surface area contributed by atoms with Crippen LogP contribution in [0.3, 0.4) is 0 Å². The van der Waals surface area contributed by atoms with Crippen molar-refractivity contribution in [3.05, 3.63) is 23.8 Å². The predicted octanol–water partition coefficient (Wildman–Crippen LogP) is 3.12. The number of anilines is 1. The fourth-order valence-electron chi connectivity index (χ4n) is 1.30. The summed E-state index contributed by atoms with van der Waals surface area (Å²) in [7, 11) is 1.68. The third-order valence-electron chi connectivity index (χ3n) is 2.16. The number of nitrogens with one attached hydrogen (secondary N) is 1. The first-order valence-electron chi connectivity index (χ1n) is 4.71. The molecule has 3 heteroatoms. The summed E-state index contributed by atoms with van der Waals surface area (Å²) in [5.74, 6) is 2.01. The molecule has 0 atom stereocenters. The van der Waals surface area contributed by atoms with Crippen LogP contribution in [0.15, 0.2) is 18.2 Å².